The summed E-state index contributed by atoms with van der Waals surface area (Å²) in [4.78, 5) is 11.0. The van der Waals surface area contributed by atoms with Gasteiger partial charge in [-0.2, -0.15) is 0 Å². The molecule has 0 bridgehead atoms. The summed E-state index contributed by atoms with van der Waals surface area (Å²) in [6.45, 7) is 0. The third kappa shape index (κ3) is 4.09. The van der Waals surface area contributed by atoms with E-state index in [0.29, 0.717) is 22.1 Å². The van der Waals surface area contributed by atoms with Crippen molar-refractivity contribution in [3.63, 3.8) is 0 Å². The molecule has 3 aromatic rings. The molecular formula is C16H13FN4OS2. The zero-order valence-electron chi connectivity index (χ0n) is 12.4. The van der Waals surface area contributed by atoms with E-state index in [9.17, 15) is 9.18 Å². The fraction of sp³-hybridized carbons (Fsp3) is 0.0625. The number of anilines is 2. The van der Waals surface area contributed by atoms with Gasteiger partial charge in [-0.25, -0.2) is 4.39 Å². The van der Waals surface area contributed by atoms with Gasteiger partial charge in [0.15, 0.2) is 4.34 Å². The quantitative estimate of drug-likeness (QED) is 0.653. The smallest absolute Gasteiger partial charge is 0.248 e. The maximum absolute atomic E-state index is 13.6. The first-order valence-electron chi connectivity index (χ1n) is 6.98. The second-order valence-corrected chi connectivity index (χ2v) is 7.03. The summed E-state index contributed by atoms with van der Waals surface area (Å²) < 4.78 is 14.4. The molecule has 1 amide bonds. The van der Waals surface area contributed by atoms with E-state index in [0.717, 1.165) is 9.90 Å². The lowest BCUT2D eigenvalue weighted by Gasteiger charge is -2.02. The number of hydrogen-bond donors (Lipinski definition) is 2. The van der Waals surface area contributed by atoms with Crippen LogP contribution in [0.4, 0.5) is 15.2 Å². The van der Waals surface area contributed by atoms with Crippen molar-refractivity contribution in [3.8, 4) is 0 Å². The van der Waals surface area contributed by atoms with Crippen LogP contribution in [0.3, 0.4) is 0 Å². The number of rotatable bonds is 6. The number of amides is 1. The summed E-state index contributed by atoms with van der Waals surface area (Å²) in [6, 6.07) is 13.5. The van der Waals surface area contributed by atoms with Gasteiger partial charge in [0.1, 0.15) is 5.82 Å². The van der Waals surface area contributed by atoms with Gasteiger partial charge in [-0.3, -0.25) is 4.79 Å². The van der Waals surface area contributed by atoms with E-state index in [4.69, 9.17) is 5.73 Å². The molecule has 0 aliphatic carbocycles. The van der Waals surface area contributed by atoms with Crippen molar-refractivity contribution >= 4 is 39.8 Å². The van der Waals surface area contributed by atoms with Gasteiger partial charge in [0, 0.05) is 11.3 Å². The van der Waals surface area contributed by atoms with Gasteiger partial charge < -0.3 is 11.1 Å². The number of nitrogens with zero attached hydrogens (tertiary/aromatic N) is 2. The number of thioether (sulfide) groups is 1. The molecule has 1 heterocycles. The number of hydrogen-bond acceptors (Lipinski definition) is 6. The van der Waals surface area contributed by atoms with Gasteiger partial charge in [0.25, 0.3) is 0 Å². The molecule has 0 fully saturated rings. The number of nitrogens with one attached hydrogen (secondary N) is 1. The topological polar surface area (TPSA) is 80.9 Å². The van der Waals surface area contributed by atoms with Crippen molar-refractivity contribution in [2.45, 2.75) is 10.1 Å². The maximum atomic E-state index is 13.6. The largest absolute Gasteiger partial charge is 0.366 e. The number of nitrogens with two attached hydrogens (primary N) is 1. The van der Waals surface area contributed by atoms with Crippen LogP contribution >= 0.6 is 23.1 Å². The lowest BCUT2D eigenvalue weighted by molar-refractivity contribution is 0.100. The Labute approximate surface area is 146 Å². The van der Waals surface area contributed by atoms with Gasteiger partial charge in [0.05, 0.1) is 5.69 Å². The highest BCUT2D eigenvalue weighted by Crippen LogP contribution is 2.30. The van der Waals surface area contributed by atoms with E-state index < -0.39 is 5.91 Å². The highest BCUT2D eigenvalue weighted by molar-refractivity contribution is 8.00. The molecule has 3 rings (SSSR count). The second kappa shape index (κ2) is 7.41. The molecule has 122 valence electrons. The Morgan fingerprint density at radius 1 is 1.17 bits per heavy atom. The van der Waals surface area contributed by atoms with Crippen molar-refractivity contribution in [2.24, 2.45) is 5.73 Å². The highest BCUT2D eigenvalue weighted by Gasteiger charge is 2.08. The Balaban J connectivity index is 1.60. The molecule has 0 spiro atoms. The summed E-state index contributed by atoms with van der Waals surface area (Å²) in [6.07, 6.45) is 0. The van der Waals surface area contributed by atoms with Crippen LogP contribution in [0.25, 0.3) is 0 Å². The van der Waals surface area contributed by atoms with Crippen molar-refractivity contribution in [1.82, 2.24) is 10.2 Å². The number of carbonyl (C=O) groups excluding carboxylic acids is 1. The molecule has 1 aromatic heterocycles. The highest BCUT2D eigenvalue weighted by atomic mass is 32.2. The van der Waals surface area contributed by atoms with Crippen LogP contribution in [0.15, 0.2) is 52.9 Å². The molecule has 0 saturated heterocycles. The van der Waals surface area contributed by atoms with Crippen molar-refractivity contribution in [1.29, 1.82) is 0 Å². The van der Waals surface area contributed by atoms with Crippen LogP contribution in [0, 0.1) is 5.82 Å². The summed E-state index contributed by atoms with van der Waals surface area (Å²) in [5, 5.41) is 11.5. The Bertz CT molecular complexity index is 851. The predicted molar refractivity (Wildman–Crippen MR) is 94.1 cm³/mol. The monoisotopic (exact) mass is 360 g/mol. The first-order valence-corrected chi connectivity index (χ1v) is 8.78. The minimum absolute atomic E-state index is 0.337. The molecule has 0 aliphatic heterocycles. The number of aromatic nitrogens is 2. The zero-order valence-corrected chi connectivity index (χ0v) is 14.0. The van der Waals surface area contributed by atoms with E-state index in [1.54, 1.807) is 30.3 Å². The fourth-order valence-electron chi connectivity index (χ4n) is 1.91. The molecule has 0 unspecified atom stereocenters. The van der Waals surface area contributed by atoms with E-state index in [1.165, 1.54) is 29.2 Å². The molecule has 3 N–H and O–H groups in total. The van der Waals surface area contributed by atoms with Crippen LogP contribution in [0.1, 0.15) is 15.9 Å². The molecular weight excluding hydrogens is 347 g/mol. The first-order chi connectivity index (χ1) is 11.6. The Hall–Kier alpha value is -2.45. The number of carbonyl (C=O) groups is 1. The number of benzene rings is 2. The number of halogens is 1. The molecule has 2 aromatic carbocycles. The summed E-state index contributed by atoms with van der Waals surface area (Å²) in [5.74, 6) is -0.0912. The number of primary amides is 1. The fourth-order valence-corrected chi connectivity index (χ4v) is 3.63. The first kappa shape index (κ1) is 16.4. The van der Waals surface area contributed by atoms with Crippen molar-refractivity contribution in [3.05, 3.63) is 65.5 Å². The van der Waals surface area contributed by atoms with Crippen LogP contribution in [-0.2, 0) is 5.75 Å². The third-order valence-corrected chi connectivity index (χ3v) is 5.17. The molecule has 0 saturated carbocycles. The van der Waals surface area contributed by atoms with E-state index in [-0.39, 0.29) is 5.82 Å². The normalized spacial score (nSPS) is 10.5. The molecule has 24 heavy (non-hydrogen) atoms. The maximum Gasteiger partial charge on any atom is 0.248 e. The summed E-state index contributed by atoms with van der Waals surface area (Å²) in [7, 11) is 0. The molecule has 0 atom stereocenters. The lowest BCUT2D eigenvalue weighted by Crippen LogP contribution is -2.10. The van der Waals surface area contributed by atoms with Crippen molar-refractivity contribution in [2.75, 3.05) is 5.32 Å². The lowest BCUT2D eigenvalue weighted by atomic mass is 10.1. The zero-order chi connectivity index (χ0) is 16.9. The Kier molecular flexibility index (Phi) is 5.07. The minimum atomic E-state index is -0.442. The third-order valence-electron chi connectivity index (χ3n) is 3.12. The van der Waals surface area contributed by atoms with Crippen LogP contribution in [-0.4, -0.2) is 16.1 Å². The Morgan fingerprint density at radius 3 is 2.62 bits per heavy atom. The summed E-state index contributed by atoms with van der Waals surface area (Å²) in [5.41, 5.74) is 7.11. The van der Waals surface area contributed by atoms with Gasteiger partial charge in [0.2, 0.25) is 11.0 Å². The van der Waals surface area contributed by atoms with Gasteiger partial charge >= 0.3 is 0 Å². The van der Waals surface area contributed by atoms with Gasteiger partial charge in [-0.15, -0.1) is 10.2 Å². The average molecular weight is 360 g/mol. The predicted octanol–water partition coefficient (Wildman–Crippen LogP) is 3.81. The number of para-hydroxylation sites is 1. The van der Waals surface area contributed by atoms with E-state index in [2.05, 4.69) is 15.5 Å². The Morgan fingerprint density at radius 2 is 1.92 bits per heavy atom. The standard InChI is InChI=1S/C16H13FN4OS2/c17-12-3-1-2-4-13(12)19-15-20-21-16(24-15)23-9-10-5-7-11(8-6-10)14(18)22/h1-8H,9H2,(H2,18,22)(H,19,20). The minimum Gasteiger partial charge on any atom is -0.366 e. The molecule has 0 aliphatic rings. The molecule has 0 radical (unpaired) electrons. The van der Waals surface area contributed by atoms with Gasteiger partial charge in [-0.1, -0.05) is 47.4 Å². The second-order valence-electron chi connectivity index (χ2n) is 4.83. The van der Waals surface area contributed by atoms with Crippen LogP contribution in [0.2, 0.25) is 0 Å². The summed E-state index contributed by atoms with van der Waals surface area (Å²) >= 11 is 2.87. The van der Waals surface area contributed by atoms with Gasteiger partial charge in [-0.05, 0) is 29.8 Å². The van der Waals surface area contributed by atoms with Crippen LogP contribution in [0.5, 0.6) is 0 Å². The van der Waals surface area contributed by atoms with E-state index >= 15 is 0 Å². The van der Waals surface area contributed by atoms with E-state index in [1.807, 2.05) is 12.1 Å². The average Bonchev–Trinajstić information content (AvgIpc) is 3.03. The molecule has 8 heteroatoms. The molecule has 5 nitrogen and oxygen atoms in total. The van der Waals surface area contributed by atoms with Crippen LogP contribution < -0.4 is 11.1 Å². The SMILES string of the molecule is NC(=O)c1ccc(CSc2nnc(Nc3ccccc3F)s2)cc1. The van der Waals surface area contributed by atoms with Crippen molar-refractivity contribution < 1.29 is 9.18 Å².